The predicted octanol–water partition coefficient (Wildman–Crippen LogP) is 2.12. The molecule has 0 aliphatic carbocycles. The molecule has 1 aromatic carbocycles. The summed E-state index contributed by atoms with van der Waals surface area (Å²) in [7, 11) is 4.49. The Labute approximate surface area is 149 Å². The first-order valence-electron chi connectivity index (χ1n) is 7.75. The van der Waals surface area contributed by atoms with Crippen LogP contribution in [-0.2, 0) is 14.2 Å². The van der Waals surface area contributed by atoms with Crippen LogP contribution in [-0.4, -0.2) is 50.5 Å². The van der Waals surface area contributed by atoms with Crippen molar-refractivity contribution in [1.82, 2.24) is 9.97 Å². The number of fused-ring (bicyclic) bond motifs is 1. The van der Waals surface area contributed by atoms with Crippen molar-refractivity contribution in [2.75, 3.05) is 34.5 Å². The fourth-order valence-electron chi connectivity index (χ4n) is 2.37. The van der Waals surface area contributed by atoms with Crippen LogP contribution in [0.3, 0.4) is 0 Å². The molecule has 1 atom stereocenters. The van der Waals surface area contributed by atoms with Crippen molar-refractivity contribution in [3.8, 4) is 23.5 Å². The topological polar surface area (TPSA) is 98.2 Å². The molecule has 9 heteroatoms. The largest absolute Gasteiger partial charge is 0.481 e. The summed E-state index contributed by atoms with van der Waals surface area (Å²) in [6.45, 7) is 0.673. The van der Waals surface area contributed by atoms with Crippen LogP contribution in [0.1, 0.15) is 22.2 Å². The highest BCUT2D eigenvalue weighted by molar-refractivity contribution is 5.96. The fraction of sp³-hybridized carbons (Fsp3) is 0.353. The van der Waals surface area contributed by atoms with Gasteiger partial charge in [0.15, 0.2) is 0 Å². The maximum absolute atomic E-state index is 12.3. The third-order valence-electron chi connectivity index (χ3n) is 3.57. The average Bonchev–Trinajstić information content (AvgIpc) is 2.98. The molecule has 1 aliphatic rings. The predicted molar refractivity (Wildman–Crippen MR) is 87.6 cm³/mol. The minimum absolute atomic E-state index is 0.0221. The van der Waals surface area contributed by atoms with Gasteiger partial charge in [0.2, 0.25) is 18.1 Å². The van der Waals surface area contributed by atoms with Crippen molar-refractivity contribution in [1.29, 1.82) is 0 Å². The minimum atomic E-state index is -0.808. The molecule has 3 rings (SSSR count). The third-order valence-corrected chi connectivity index (χ3v) is 3.57. The number of esters is 1. The Kier molecular flexibility index (Phi) is 5.49. The molecular formula is C17H18N2O7. The number of rotatable bonds is 8. The second-order valence-corrected chi connectivity index (χ2v) is 5.16. The molecule has 2 aromatic rings. The smallest absolute Gasteiger partial charge is 0.345 e. The first kappa shape index (κ1) is 17.9. The van der Waals surface area contributed by atoms with Crippen LogP contribution in [0.4, 0.5) is 0 Å². The van der Waals surface area contributed by atoms with E-state index in [9.17, 15) is 4.79 Å². The Bertz CT molecular complexity index is 774. The number of carbonyl (C=O) groups is 1. The van der Waals surface area contributed by atoms with Crippen LogP contribution in [0.15, 0.2) is 24.3 Å². The van der Waals surface area contributed by atoms with Gasteiger partial charge in [-0.05, 0) is 6.07 Å². The van der Waals surface area contributed by atoms with Gasteiger partial charge in [-0.25, -0.2) is 4.79 Å². The molecule has 0 radical (unpaired) electrons. The second kappa shape index (κ2) is 7.98. The van der Waals surface area contributed by atoms with Crippen LogP contribution in [0, 0.1) is 0 Å². The van der Waals surface area contributed by atoms with Gasteiger partial charge in [-0.3, -0.25) is 0 Å². The highest BCUT2D eigenvalue weighted by Crippen LogP contribution is 2.38. The number of nitrogens with zero attached hydrogens (tertiary/aromatic N) is 2. The van der Waals surface area contributed by atoms with Crippen LogP contribution in [0.25, 0.3) is 0 Å². The lowest BCUT2D eigenvalue weighted by atomic mass is 10.1. The molecule has 0 saturated carbocycles. The molecule has 0 amide bonds. The summed E-state index contributed by atoms with van der Waals surface area (Å²) in [5.41, 5.74) is 0.832. The quantitative estimate of drug-likeness (QED) is 0.516. The fourth-order valence-corrected chi connectivity index (χ4v) is 2.37. The van der Waals surface area contributed by atoms with Crippen molar-refractivity contribution in [3.05, 3.63) is 35.4 Å². The second-order valence-electron chi connectivity index (χ2n) is 5.16. The van der Waals surface area contributed by atoms with Crippen LogP contribution in [0.5, 0.6) is 23.5 Å². The molecule has 0 fully saturated rings. The lowest BCUT2D eigenvalue weighted by Gasteiger charge is -2.11. The SMILES string of the molecule is COCCOC1OC(=O)c2c(Oc3nc(OC)cc(OC)n3)cccc21. The monoisotopic (exact) mass is 362 g/mol. The Morgan fingerprint density at radius 3 is 2.46 bits per heavy atom. The Morgan fingerprint density at radius 2 is 1.81 bits per heavy atom. The van der Waals surface area contributed by atoms with Gasteiger partial charge in [-0.2, -0.15) is 9.97 Å². The third kappa shape index (κ3) is 3.68. The normalized spacial score (nSPS) is 15.3. The summed E-state index contributed by atoms with van der Waals surface area (Å²) in [6.07, 6.45) is -0.808. The van der Waals surface area contributed by atoms with Gasteiger partial charge in [0.05, 0.1) is 33.5 Å². The summed E-state index contributed by atoms with van der Waals surface area (Å²) >= 11 is 0. The molecule has 138 valence electrons. The van der Waals surface area contributed by atoms with Crippen LogP contribution in [0.2, 0.25) is 0 Å². The van der Waals surface area contributed by atoms with E-state index in [2.05, 4.69) is 9.97 Å². The zero-order valence-corrected chi connectivity index (χ0v) is 14.6. The van der Waals surface area contributed by atoms with Gasteiger partial charge in [-0.15, -0.1) is 0 Å². The molecule has 0 spiro atoms. The van der Waals surface area contributed by atoms with Gasteiger partial charge >= 0.3 is 12.0 Å². The number of hydrogen-bond acceptors (Lipinski definition) is 9. The van der Waals surface area contributed by atoms with E-state index in [1.807, 2.05) is 0 Å². The molecule has 2 heterocycles. The van der Waals surface area contributed by atoms with E-state index in [0.29, 0.717) is 12.2 Å². The molecule has 0 saturated heterocycles. The zero-order chi connectivity index (χ0) is 18.5. The van der Waals surface area contributed by atoms with Gasteiger partial charge in [0, 0.05) is 12.7 Å². The number of hydrogen-bond donors (Lipinski definition) is 0. The molecule has 1 aromatic heterocycles. The van der Waals surface area contributed by atoms with Crippen molar-refractivity contribution in [2.24, 2.45) is 0 Å². The van der Waals surface area contributed by atoms with E-state index in [4.69, 9.17) is 28.4 Å². The molecule has 0 bridgehead atoms. The molecular weight excluding hydrogens is 344 g/mol. The maximum Gasteiger partial charge on any atom is 0.345 e. The van der Waals surface area contributed by atoms with E-state index in [-0.39, 0.29) is 35.7 Å². The van der Waals surface area contributed by atoms with Gasteiger partial charge < -0.3 is 28.4 Å². The van der Waals surface area contributed by atoms with Gasteiger partial charge in [0.25, 0.3) is 0 Å². The summed E-state index contributed by atoms with van der Waals surface area (Å²) in [4.78, 5) is 20.4. The lowest BCUT2D eigenvalue weighted by molar-refractivity contribution is -0.112. The minimum Gasteiger partial charge on any atom is -0.481 e. The number of cyclic esters (lactones) is 1. The number of carbonyl (C=O) groups excluding carboxylic acids is 1. The Hall–Kier alpha value is -2.91. The van der Waals surface area contributed by atoms with Crippen LogP contribution < -0.4 is 14.2 Å². The molecule has 0 N–H and O–H groups in total. The van der Waals surface area contributed by atoms with E-state index in [0.717, 1.165) is 0 Å². The molecule has 9 nitrogen and oxygen atoms in total. The van der Waals surface area contributed by atoms with E-state index in [1.165, 1.54) is 20.3 Å². The summed E-state index contributed by atoms with van der Waals surface area (Å²) in [6, 6.07) is 6.56. The van der Waals surface area contributed by atoms with Crippen molar-refractivity contribution in [3.63, 3.8) is 0 Å². The molecule has 1 unspecified atom stereocenters. The highest BCUT2D eigenvalue weighted by atomic mass is 16.7. The van der Waals surface area contributed by atoms with E-state index >= 15 is 0 Å². The standard InChI is InChI=1S/C17H18N2O7/c1-21-7-8-24-16-10-5-4-6-11(14(10)15(20)26-16)25-17-18-12(22-2)9-13(19-17)23-3/h4-6,9,16H,7-8H2,1-3H3. The number of aromatic nitrogens is 2. The summed E-state index contributed by atoms with van der Waals surface area (Å²) in [5, 5.41) is 0. The van der Waals surface area contributed by atoms with Crippen molar-refractivity contribution < 1.29 is 33.2 Å². The molecule has 1 aliphatic heterocycles. The van der Waals surface area contributed by atoms with Gasteiger partial charge in [0.1, 0.15) is 11.3 Å². The van der Waals surface area contributed by atoms with Crippen LogP contribution >= 0.6 is 0 Å². The van der Waals surface area contributed by atoms with E-state index in [1.54, 1.807) is 25.3 Å². The average molecular weight is 362 g/mol. The maximum atomic E-state index is 12.3. The zero-order valence-electron chi connectivity index (χ0n) is 14.6. The summed E-state index contributed by atoms with van der Waals surface area (Å²) in [5.74, 6) is 0.235. The van der Waals surface area contributed by atoms with Crippen molar-refractivity contribution in [2.45, 2.75) is 6.29 Å². The first-order chi connectivity index (χ1) is 12.7. The highest BCUT2D eigenvalue weighted by Gasteiger charge is 2.35. The van der Waals surface area contributed by atoms with E-state index < -0.39 is 12.3 Å². The Morgan fingerprint density at radius 1 is 1.08 bits per heavy atom. The van der Waals surface area contributed by atoms with Crippen molar-refractivity contribution >= 4 is 5.97 Å². The number of benzene rings is 1. The first-order valence-corrected chi connectivity index (χ1v) is 7.75. The lowest BCUT2D eigenvalue weighted by Crippen LogP contribution is -2.08. The number of ether oxygens (including phenoxy) is 6. The number of methoxy groups -OCH3 is 3. The van der Waals surface area contributed by atoms with Gasteiger partial charge in [-0.1, -0.05) is 12.1 Å². The summed E-state index contributed by atoms with van der Waals surface area (Å²) < 4.78 is 31.6. The molecule has 26 heavy (non-hydrogen) atoms. The Balaban J connectivity index is 1.88.